The highest BCUT2D eigenvalue weighted by molar-refractivity contribution is 6.05. The lowest BCUT2D eigenvalue weighted by Crippen LogP contribution is -2.21. The molecule has 0 saturated carbocycles. The molecule has 0 spiro atoms. The Bertz CT molecular complexity index is 785. The zero-order chi connectivity index (χ0) is 18.9. The normalized spacial score (nSPS) is 10.1. The van der Waals surface area contributed by atoms with Crippen molar-refractivity contribution in [1.29, 1.82) is 0 Å². The van der Waals surface area contributed by atoms with Crippen molar-refractivity contribution in [1.82, 2.24) is 5.32 Å². The first-order chi connectivity index (χ1) is 12.5. The van der Waals surface area contributed by atoms with Crippen LogP contribution in [0.25, 0.3) is 0 Å². The highest BCUT2D eigenvalue weighted by Crippen LogP contribution is 2.17. The quantitative estimate of drug-likeness (QED) is 0.714. The van der Waals surface area contributed by atoms with E-state index in [9.17, 15) is 14.4 Å². The molecule has 0 aromatic heterocycles. The van der Waals surface area contributed by atoms with E-state index >= 15 is 0 Å². The van der Waals surface area contributed by atoms with Gasteiger partial charge >= 0.3 is 0 Å². The molecule has 0 saturated heterocycles. The fourth-order valence-corrected chi connectivity index (χ4v) is 2.41. The van der Waals surface area contributed by atoms with Crippen LogP contribution in [-0.2, 0) is 4.79 Å². The van der Waals surface area contributed by atoms with Crippen molar-refractivity contribution in [3.63, 3.8) is 0 Å². The van der Waals surface area contributed by atoms with Crippen LogP contribution in [0.3, 0.4) is 0 Å². The number of carbonyl (C=O) groups excluding carboxylic acids is 3. The Morgan fingerprint density at radius 1 is 0.962 bits per heavy atom. The van der Waals surface area contributed by atoms with E-state index in [-0.39, 0.29) is 30.4 Å². The van der Waals surface area contributed by atoms with Gasteiger partial charge in [0.15, 0.2) is 5.78 Å². The molecule has 6 nitrogen and oxygen atoms in total. The molecule has 2 aromatic carbocycles. The van der Waals surface area contributed by atoms with Gasteiger partial charge in [0.25, 0.3) is 5.91 Å². The molecule has 0 atom stereocenters. The Hall–Kier alpha value is -3.15. The lowest BCUT2D eigenvalue weighted by Gasteiger charge is -2.10. The van der Waals surface area contributed by atoms with Crippen LogP contribution >= 0.6 is 0 Å². The second kappa shape index (κ2) is 9.36. The SMILES string of the molecule is CCOc1ccc(C(=O)CCC(=O)Nc2ccccc2C(=O)NC)cc1. The predicted molar refractivity (Wildman–Crippen MR) is 99.6 cm³/mol. The molecule has 0 fully saturated rings. The van der Waals surface area contributed by atoms with Crippen molar-refractivity contribution in [2.45, 2.75) is 19.8 Å². The first-order valence-corrected chi connectivity index (χ1v) is 8.42. The zero-order valence-electron chi connectivity index (χ0n) is 14.9. The number of carbonyl (C=O) groups is 3. The van der Waals surface area contributed by atoms with Crippen LogP contribution < -0.4 is 15.4 Å². The van der Waals surface area contributed by atoms with Crippen molar-refractivity contribution < 1.29 is 19.1 Å². The van der Waals surface area contributed by atoms with Gasteiger partial charge in [-0.05, 0) is 43.3 Å². The van der Waals surface area contributed by atoms with E-state index in [4.69, 9.17) is 4.74 Å². The number of ketones is 1. The highest BCUT2D eigenvalue weighted by Gasteiger charge is 2.13. The van der Waals surface area contributed by atoms with E-state index in [1.165, 1.54) is 7.05 Å². The average molecular weight is 354 g/mol. The molecule has 2 aromatic rings. The van der Waals surface area contributed by atoms with Crippen molar-refractivity contribution >= 4 is 23.3 Å². The van der Waals surface area contributed by atoms with Gasteiger partial charge in [-0.2, -0.15) is 0 Å². The fourth-order valence-electron chi connectivity index (χ4n) is 2.41. The molecule has 0 unspecified atom stereocenters. The smallest absolute Gasteiger partial charge is 0.253 e. The molecule has 136 valence electrons. The summed E-state index contributed by atoms with van der Waals surface area (Å²) >= 11 is 0. The predicted octanol–water partition coefficient (Wildman–Crippen LogP) is 3.05. The van der Waals surface area contributed by atoms with Crippen molar-refractivity contribution in [2.75, 3.05) is 19.0 Å². The molecular weight excluding hydrogens is 332 g/mol. The van der Waals surface area contributed by atoms with E-state index in [1.807, 2.05) is 6.92 Å². The lowest BCUT2D eigenvalue weighted by atomic mass is 10.1. The maximum Gasteiger partial charge on any atom is 0.253 e. The summed E-state index contributed by atoms with van der Waals surface area (Å²) in [6, 6.07) is 13.6. The van der Waals surface area contributed by atoms with E-state index < -0.39 is 0 Å². The number of hydrogen-bond donors (Lipinski definition) is 2. The Balaban J connectivity index is 1.92. The molecule has 6 heteroatoms. The third kappa shape index (κ3) is 5.17. The molecule has 0 aliphatic rings. The Morgan fingerprint density at radius 3 is 2.31 bits per heavy atom. The Morgan fingerprint density at radius 2 is 1.65 bits per heavy atom. The van der Waals surface area contributed by atoms with E-state index in [0.717, 1.165) is 0 Å². The zero-order valence-corrected chi connectivity index (χ0v) is 14.9. The maximum absolute atomic E-state index is 12.2. The molecule has 26 heavy (non-hydrogen) atoms. The second-order valence-corrected chi connectivity index (χ2v) is 5.55. The summed E-state index contributed by atoms with van der Waals surface area (Å²) in [5.74, 6) is -0.0256. The topological polar surface area (TPSA) is 84.5 Å². The Labute approximate surface area is 152 Å². The van der Waals surface area contributed by atoms with Gasteiger partial charge in [0.1, 0.15) is 5.75 Å². The first kappa shape index (κ1) is 19.2. The van der Waals surface area contributed by atoms with Gasteiger partial charge in [-0.1, -0.05) is 12.1 Å². The molecule has 0 radical (unpaired) electrons. The van der Waals surface area contributed by atoms with Gasteiger partial charge in [0.05, 0.1) is 17.9 Å². The summed E-state index contributed by atoms with van der Waals surface area (Å²) in [5.41, 5.74) is 1.33. The molecule has 0 aliphatic heterocycles. The monoisotopic (exact) mass is 354 g/mol. The molecule has 0 bridgehead atoms. The van der Waals surface area contributed by atoms with Crippen LogP contribution in [0.4, 0.5) is 5.69 Å². The largest absolute Gasteiger partial charge is 0.494 e. The number of Topliss-reactive ketones (excluding diaryl/α,β-unsaturated/α-hetero) is 1. The van der Waals surface area contributed by atoms with Gasteiger partial charge in [-0.3, -0.25) is 14.4 Å². The molecular formula is C20H22N2O4. The van der Waals surface area contributed by atoms with Crippen LogP contribution in [0.15, 0.2) is 48.5 Å². The molecule has 2 rings (SSSR count). The highest BCUT2D eigenvalue weighted by atomic mass is 16.5. The summed E-state index contributed by atoms with van der Waals surface area (Å²) < 4.78 is 5.34. The fraction of sp³-hybridized carbons (Fsp3) is 0.250. The molecule has 2 amide bonds. The summed E-state index contributed by atoms with van der Waals surface area (Å²) in [5, 5.41) is 5.21. The third-order valence-corrected chi connectivity index (χ3v) is 3.74. The van der Waals surface area contributed by atoms with Crippen LogP contribution in [-0.4, -0.2) is 31.3 Å². The second-order valence-electron chi connectivity index (χ2n) is 5.55. The van der Waals surface area contributed by atoms with E-state index in [2.05, 4.69) is 10.6 Å². The number of benzene rings is 2. The van der Waals surface area contributed by atoms with Crippen molar-refractivity contribution in [3.8, 4) is 5.75 Å². The number of ether oxygens (including phenoxy) is 1. The summed E-state index contributed by atoms with van der Waals surface area (Å²) in [4.78, 5) is 36.2. The molecule has 0 aliphatic carbocycles. The van der Waals surface area contributed by atoms with E-state index in [0.29, 0.717) is 29.2 Å². The van der Waals surface area contributed by atoms with Gasteiger partial charge in [0, 0.05) is 25.5 Å². The van der Waals surface area contributed by atoms with Crippen LogP contribution in [0.2, 0.25) is 0 Å². The number of para-hydroxylation sites is 1. The standard InChI is InChI=1S/C20H22N2O4/c1-3-26-15-10-8-14(9-11-15)18(23)12-13-19(24)22-17-7-5-4-6-16(17)20(25)21-2/h4-11H,3,12-13H2,1-2H3,(H,21,25)(H,22,24). The third-order valence-electron chi connectivity index (χ3n) is 3.74. The molecule has 0 heterocycles. The first-order valence-electron chi connectivity index (χ1n) is 8.42. The van der Waals surface area contributed by atoms with Gasteiger partial charge in [-0.15, -0.1) is 0 Å². The number of nitrogens with one attached hydrogen (secondary N) is 2. The van der Waals surface area contributed by atoms with Crippen LogP contribution in [0, 0.1) is 0 Å². The number of rotatable bonds is 8. The molecule has 2 N–H and O–H groups in total. The van der Waals surface area contributed by atoms with Crippen molar-refractivity contribution in [3.05, 3.63) is 59.7 Å². The van der Waals surface area contributed by atoms with Gasteiger partial charge in [-0.25, -0.2) is 0 Å². The van der Waals surface area contributed by atoms with Gasteiger partial charge in [0.2, 0.25) is 5.91 Å². The van der Waals surface area contributed by atoms with Crippen molar-refractivity contribution in [2.24, 2.45) is 0 Å². The summed E-state index contributed by atoms with van der Waals surface area (Å²) in [6.07, 6.45) is 0.121. The summed E-state index contributed by atoms with van der Waals surface area (Å²) in [7, 11) is 1.52. The summed E-state index contributed by atoms with van der Waals surface area (Å²) in [6.45, 7) is 2.45. The lowest BCUT2D eigenvalue weighted by molar-refractivity contribution is -0.116. The average Bonchev–Trinajstić information content (AvgIpc) is 2.67. The van der Waals surface area contributed by atoms with Crippen LogP contribution in [0.5, 0.6) is 5.75 Å². The van der Waals surface area contributed by atoms with Gasteiger partial charge < -0.3 is 15.4 Å². The number of hydrogen-bond acceptors (Lipinski definition) is 4. The Kier molecular flexibility index (Phi) is 6.91. The maximum atomic E-state index is 12.2. The minimum absolute atomic E-state index is 0.0358. The minimum atomic E-state index is -0.319. The van der Waals surface area contributed by atoms with Crippen LogP contribution in [0.1, 0.15) is 40.5 Å². The number of amides is 2. The minimum Gasteiger partial charge on any atom is -0.494 e. The van der Waals surface area contributed by atoms with E-state index in [1.54, 1.807) is 48.5 Å². The number of anilines is 1.